The Morgan fingerprint density at radius 3 is 2.83 bits per heavy atom. The van der Waals surface area contributed by atoms with Crippen molar-refractivity contribution >= 4 is 12.2 Å². The second kappa shape index (κ2) is 3.52. The van der Waals surface area contributed by atoms with Crippen LogP contribution < -0.4 is 0 Å². The standard InChI is InChI=1S/C9H13NO2/c1-3-5-9(8(11)12-2)6-4-7-10-9/h4,6-7H,3,5H2,1-2H3. The number of carbonyl (C=O) groups excluding carboxylic acids is 1. The van der Waals surface area contributed by atoms with Crippen LogP contribution in [0.15, 0.2) is 17.1 Å². The van der Waals surface area contributed by atoms with E-state index in [4.69, 9.17) is 0 Å². The molecule has 12 heavy (non-hydrogen) atoms. The van der Waals surface area contributed by atoms with Crippen LogP contribution in [0.3, 0.4) is 0 Å². The van der Waals surface area contributed by atoms with Crippen molar-refractivity contribution in [3.63, 3.8) is 0 Å². The summed E-state index contributed by atoms with van der Waals surface area (Å²) in [6.07, 6.45) is 6.85. The first-order valence-electron chi connectivity index (χ1n) is 4.06. The summed E-state index contributed by atoms with van der Waals surface area (Å²) in [5.41, 5.74) is -0.719. The van der Waals surface area contributed by atoms with E-state index < -0.39 is 5.54 Å². The Hall–Kier alpha value is -1.12. The summed E-state index contributed by atoms with van der Waals surface area (Å²) in [5, 5.41) is 0. The Kier molecular flexibility index (Phi) is 2.63. The van der Waals surface area contributed by atoms with Gasteiger partial charge in [0, 0.05) is 6.21 Å². The van der Waals surface area contributed by atoms with Crippen molar-refractivity contribution < 1.29 is 9.53 Å². The molecule has 0 fully saturated rings. The van der Waals surface area contributed by atoms with Crippen LogP contribution in [-0.2, 0) is 9.53 Å². The second-order valence-corrected chi connectivity index (χ2v) is 2.80. The van der Waals surface area contributed by atoms with Gasteiger partial charge in [-0.05, 0) is 18.6 Å². The Morgan fingerprint density at radius 2 is 2.42 bits per heavy atom. The third kappa shape index (κ3) is 1.40. The first-order chi connectivity index (χ1) is 5.75. The van der Waals surface area contributed by atoms with Crippen molar-refractivity contribution in [2.24, 2.45) is 4.99 Å². The molecule has 1 aliphatic rings. The summed E-state index contributed by atoms with van der Waals surface area (Å²) >= 11 is 0. The predicted molar refractivity (Wildman–Crippen MR) is 47.3 cm³/mol. The first kappa shape index (κ1) is 8.97. The van der Waals surface area contributed by atoms with Gasteiger partial charge in [0.15, 0.2) is 5.54 Å². The minimum Gasteiger partial charge on any atom is -0.467 e. The van der Waals surface area contributed by atoms with Gasteiger partial charge in [0.05, 0.1) is 7.11 Å². The minimum atomic E-state index is -0.719. The zero-order valence-corrected chi connectivity index (χ0v) is 7.41. The van der Waals surface area contributed by atoms with E-state index in [0.717, 1.165) is 6.42 Å². The number of ether oxygens (including phenoxy) is 1. The van der Waals surface area contributed by atoms with E-state index in [1.165, 1.54) is 7.11 Å². The lowest BCUT2D eigenvalue weighted by atomic mass is 9.95. The number of carbonyl (C=O) groups is 1. The highest BCUT2D eigenvalue weighted by molar-refractivity contribution is 5.91. The van der Waals surface area contributed by atoms with Gasteiger partial charge in [0.25, 0.3) is 0 Å². The van der Waals surface area contributed by atoms with Gasteiger partial charge in [0.1, 0.15) is 0 Å². The molecule has 0 saturated heterocycles. The molecule has 0 amide bonds. The summed E-state index contributed by atoms with van der Waals surface area (Å²) in [6.45, 7) is 2.02. The normalized spacial score (nSPS) is 26.2. The smallest absolute Gasteiger partial charge is 0.337 e. The molecule has 0 radical (unpaired) electrons. The van der Waals surface area contributed by atoms with Crippen molar-refractivity contribution in [2.75, 3.05) is 7.11 Å². The fourth-order valence-corrected chi connectivity index (χ4v) is 1.35. The van der Waals surface area contributed by atoms with E-state index >= 15 is 0 Å². The average Bonchev–Trinajstić information content (AvgIpc) is 2.53. The van der Waals surface area contributed by atoms with Crippen LogP contribution in [0.1, 0.15) is 19.8 Å². The number of hydrogen-bond acceptors (Lipinski definition) is 3. The van der Waals surface area contributed by atoms with Crippen LogP contribution in [-0.4, -0.2) is 24.8 Å². The molecule has 66 valence electrons. The van der Waals surface area contributed by atoms with Gasteiger partial charge < -0.3 is 4.74 Å². The maximum Gasteiger partial charge on any atom is 0.337 e. The van der Waals surface area contributed by atoms with E-state index in [2.05, 4.69) is 9.73 Å². The summed E-state index contributed by atoms with van der Waals surface area (Å²) in [5.74, 6) is -0.269. The molecule has 0 saturated carbocycles. The van der Waals surface area contributed by atoms with Gasteiger partial charge in [-0.15, -0.1) is 0 Å². The summed E-state index contributed by atoms with van der Waals surface area (Å²) in [6, 6.07) is 0. The van der Waals surface area contributed by atoms with Crippen molar-refractivity contribution in [2.45, 2.75) is 25.3 Å². The van der Waals surface area contributed by atoms with Crippen LogP contribution in [0, 0.1) is 0 Å². The van der Waals surface area contributed by atoms with Gasteiger partial charge in [-0.25, -0.2) is 4.79 Å². The van der Waals surface area contributed by atoms with E-state index in [-0.39, 0.29) is 5.97 Å². The minimum absolute atomic E-state index is 0.269. The van der Waals surface area contributed by atoms with Crippen molar-refractivity contribution in [3.05, 3.63) is 12.2 Å². The van der Waals surface area contributed by atoms with Gasteiger partial charge in [-0.2, -0.15) is 0 Å². The van der Waals surface area contributed by atoms with E-state index in [1.54, 1.807) is 18.4 Å². The Morgan fingerprint density at radius 1 is 1.67 bits per heavy atom. The molecular weight excluding hydrogens is 154 g/mol. The number of aliphatic imine (C=N–C) groups is 1. The molecule has 0 aromatic heterocycles. The second-order valence-electron chi connectivity index (χ2n) is 2.80. The summed E-state index contributed by atoms with van der Waals surface area (Å²) in [4.78, 5) is 15.5. The number of allylic oxidation sites excluding steroid dienone is 1. The molecular formula is C9H13NO2. The Labute approximate surface area is 72.1 Å². The molecule has 1 rings (SSSR count). The number of esters is 1. The zero-order valence-electron chi connectivity index (χ0n) is 7.41. The molecule has 0 aromatic rings. The predicted octanol–water partition coefficient (Wildman–Crippen LogP) is 1.34. The molecule has 1 aliphatic heterocycles. The molecule has 3 nitrogen and oxygen atoms in total. The lowest BCUT2D eigenvalue weighted by Crippen LogP contribution is -2.34. The molecule has 0 N–H and O–H groups in total. The molecule has 0 spiro atoms. The molecule has 3 heteroatoms. The lowest BCUT2D eigenvalue weighted by molar-refractivity contribution is -0.145. The number of nitrogens with zero attached hydrogens (tertiary/aromatic N) is 1. The zero-order chi connectivity index (χ0) is 9.03. The van der Waals surface area contributed by atoms with Gasteiger partial charge in [-0.1, -0.05) is 13.3 Å². The van der Waals surface area contributed by atoms with Crippen LogP contribution >= 0.6 is 0 Å². The highest BCUT2D eigenvalue weighted by Gasteiger charge is 2.36. The van der Waals surface area contributed by atoms with E-state index in [9.17, 15) is 4.79 Å². The van der Waals surface area contributed by atoms with E-state index in [1.807, 2.05) is 6.92 Å². The third-order valence-corrected chi connectivity index (χ3v) is 1.93. The average molecular weight is 167 g/mol. The molecule has 0 bridgehead atoms. The van der Waals surface area contributed by atoms with Gasteiger partial charge >= 0.3 is 5.97 Å². The summed E-state index contributed by atoms with van der Waals surface area (Å²) < 4.78 is 4.69. The highest BCUT2D eigenvalue weighted by Crippen LogP contribution is 2.24. The number of methoxy groups -OCH3 is 1. The monoisotopic (exact) mass is 167 g/mol. The molecule has 1 unspecified atom stereocenters. The maximum atomic E-state index is 11.3. The third-order valence-electron chi connectivity index (χ3n) is 1.93. The molecule has 0 aliphatic carbocycles. The fraction of sp³-hybridized carbons (Fsp3) is 0.556. The highest BCUT2D eigenvalue weighted by atomic mass is 16.5. The van der Waals surface area contributed by atoms with Crippen molar-refractivity contribution in [3.8, 4) is 0 Å². The Bertz CT molecular complexity index is 219. The first-order valence-corrected chi connectivity index (χ1v) is 4.06. The fourth-order valence-electron chi connectivity index (χ4n) is 1.35. The lowest BCUT2D eigenvalue weighted by Gasteiger charge is -2.19. The largest absolute Gasteiger partial charge is 0.467 e. The Balaban J connectivity index is 2.80. The maximum absolute atomic E-state index is 11.3. The van der Waals surface area contributed by atoms with Crippen molar-refractivity contribution in [1.29, 1.82) is 0 Å². The molecule has 1 heterocycles. The van der Waals surface area contributed by atoms with Crippen LogP contribution in [0.25, 0.3) is 0 Å². The molecule has 0 aromatic carbocycles. The van der Waals surface area contributed by atoms with Gasteiger partial charge in [0.2, 0.25) is 0 Å². The number of hydrogen-bond donors (Lipinski definition) is 0. The van der Waals surface area contributed by atoms with Crippen LogP contribution in [0.2, 0.25) is 0 Å². The quantitative estimate of drug-likeness (QED) is 0.595. The summed E-state index contributed by atoms with van der Waals surface area (Å²) in [7, 11) is 1.39. The topological polar surface area (TPSA) is 38.7 Å². The number of rotatable bonds is 3. The van der Waals surface area contributed by atoms with Crippen molar-refractivity contribution in [1.82, 2.24) is 0 Å². The van der Waals surface area contributed by atoms with E-state index in [0.29, 0.717) is 6.42 Å². The van der Waals surface area contributed by atoms with Crippen LogP contribution in [0.4, 0.5) is 0 Å². The van der Waals surface area contributed by atoms with Crippen LogP contribution in [0.5, 0.6) is 0 Å². The molecule has 1 atom stereocenters. The van der Waals surface area contributed by atoms with Gasteiger partial charge in [-0.3, -0.25) is 4.99 Å². The SMILES string of the molecule is CCCC1(C(=O)OC)C=CC=N1.